The highest BCUT2D eigenvalue weighted by molar-refractivity contribution is 5.46. The van der Waals surface area contributed by atoms with E-state index in [0.717, 1.165) is 26.2 Å². The molecule has 0 aromatic heterocycles. The Balaban J connectivity index is 1.41. The van der Waals surface area contributed by atoms with Gasteiger partial charge in [0.15, 0.2) is 0 Å². The molecular weight excluding hydrogens is 307 g/mol. The van der Waals surface area contributed by atoms with Crippen LogP contribution in [-0.4, -0.2) is 55.4 Å². The molecule has 1 aliphatic heterocycles. The van der Waals surface area contributed by atoms with Crippen LogP contribution in [0.15, 0.2) is 54.6 Å². The van der Waals surface area contributed by atoms with Crippen LogP contribution in [0.25, 0.3) is 0 Å². The molecule has 128 valence electrons. The van der Waals surface area contributed by atoms with Crippen LogP contribution < -0.4 is 9.64 Å². The molecule has 0 bridgehead atoms. The van der Waals surface area contributed by atoms with E-state index in [1.807, 2.05) is 6.07 Å². The van der Waals surface area contributed by atoms with Gasteiger partial charge in [0.1, 0.15) is 24.3 Å². The number of benzene rings is 2. The van der Waals surface area contributed by atoms with Gasteiger partial charge in [0.2, 0.25) is 0 Å². The van der Waals surface area contributed by atoms with Crippen LogP contribution in [0.1, 0.15) is 0 Å². The molecule has 0 spiro atoms. The highest BCUT2D eigenvalue weighted by Gasteiger charge is 2.19. The minimum absolute atomic E-state index is 0.169. The second-order valence-electron chi connectivity index (χ2n) is 6.05. The number of halogens is 1. The minimum Gasteiger partial charge on any atom is -0.491 e. The predicted octanol–water partition coefficient (Wildman–Crippen LogP) is 2.39. The van der Waals surface area contributed by atoms with Gasteiger partial charge in [0, 0.05) is 44.5 Å². The maximum Gasteiger partial charge on any atom is 0.126 e. The smallest absolute Gasteiger partial charge is 0.126 e. The van der Waals surface area contributed by atoms with Gasteiger partial charge in [0.05, 0.1) is 0 Å². The van der Waals surface area contributed by atoms with Gasteiger partial charge in [-0.3, -0.25) is 4.90 Å². The number of para-hydroxylation sites is 1. The Morgan fingerprint density at radius 1 is 1.00 bits per heavy atom. The van der Waals surface area contributed by atoms with Gasteiger partial charge >= 0.3 is 0 Å². The number of hydrogen-bond donors (Lipinski definition) is 1. The maximum atomic E-state index is 13.1. The molecule has 24 heavy (non-hydrogen) atoms. The summed E-state index contributed by atoms with van der Waals surface area (Å²) in [7, 11) is 0. The molecule has 1 saturated heterocycles. The Hall–Kier alpha value is -2.11. The highest BCUT2D eigenvalue weighted by Crippen LogP contribution is 2.16. The van der Waals surface area contributed by atoms with Crippen LogP contribution in [0.3, 0.4) is 0 Å². The zero-order valence-corrected chi connectivity index (χ0v) is 13.6. The van der Waals surface area contributed by atoms with E-state index in [9.17, 15) is 9.50 Å². The fraction of sp³-hybridized carbons (Fsp3) is 0.368. The molecule has 0 radical (unpaired) electrons. The highest BCUT2D eigenvalue weighted by atomic mass is 19.1. The van der Waals surface area contributed by atoms with Crippen LogP contribution >= 0.6 is 0 Å². The van der Waals surface area contributed by atoms with Crippen LogP contribution in [0, 0.1) is 5.82 Å². The number of aliphatic hydroxyl groups is 1. The van der Waals surface area contributed by atoms with E-state index < -0.39 is 6.10 Å². The zero-order chi connectivity index (χ0) is 16.8. The number of rotatable bonds is 6. The van der Waals surface area contributed by atoms with Crippen molar-refractivity contribution >= 4 is 5.69 Å². The first-order chi connectivity index (χ1) is 11.7. The molecule has 1 unspecified atom stereocenters. The van der Waals surface area contributed by atoms with Gasteiger partial charge in [-0.25, -0.2) is 4.39 Å². The lowest BCUT2D eigenvalue weighted by Gasteiger charge is -2.36. The summed E-state index contributed by atoms with van der Waals surface area (Å²) in [5.74, 6) is 0.113. The van der Waals surface area contributed by atoms with Gasteiger partial charge in [0.25, 0.3) is 0 Å². The second-order valence-corrected chi connectivity index (χ2v) is 6.05. The lowest BCUT2D eigenvalue weighted by Crippen LogP contribution is -2.49. The average Bonchev–Trinajstić information content (AvgIpc) is 2.61. The number of piperazine rings is 1. The summed E-state index contributed by atoms with van der Waals surface area (Å²) >= 11 is 0. The van der Waals surface area contributed by atoms with E-state index in [4.69, 9.17) is 4.74 Å². The Bertz CT molecular complexity index is 630. The van der Waals surface area contributed by atoms with Crippen molar-refractivity contribution in [3.63, 3.8) is 0 Å². The summed E-state index contributed by atoms with van der Waals surface area (Å²) in [6.45, 7) is 4.45. The summed E-state index contributed by atoms with van der Waals surface area (Å²) in [6.07, 6.45) is -0.587. The van der Waals surface area contributed by atoms with Gasteiger partial charge in [-0.2, -0.15) is 0 Å². The Kier molecular flexibility index (Phi) is 5.67. The topological polar surface area (TPSA) is 35.9 Å². The first-order valence-corrected chi connectivity index (χ1v) is 8.29. The molecule has 4 nitrogen and oxygen atoms in total. The molecule has 1 heterocycles. The number of β-amino-alcohol motifs (C(OH)–C–C–N with tert-alkyl or cyclic N) is 1. The molecule has 3 rings (SSSR count). The normalized spacial score (nSPS) is 16.8. The third-order valence-electron chi connectivity index (χ3n) is 4.20. The third kappa shape index (κ3) is 4.69. The molecule has 1 N–H and O–H groups in total. The first kappa shape index (κ1) is 16.7. The van der Waals surface area contributed by atoms with Gasteiger partial charge in [-0.05, 0) is 24.3 Å². The fourth-order valence-corrected chi connectivity index (χ4v) is 2.93. The summed E-state index contributed by atoms with van der Waals surface area (Å²) < 4.78 is 18.5. The molecule has 2 aromatic rings. The van der Waals surface area contributed by atoms with Gasteiger partial charge in [-0.15, -0.1) is 0 Å². The molecule has 1 fully saturated rings. The summed E-state index contributed by atoms with van der Waals surface area (Å²) in [4.78, 5) is 4.59. The quantitative estimate of drug-likeness (QED) is 0.882. The van der Waals surface area contributed by atoms with E-state index in [0.29, 0.717) is 12.3 Å². The van der Waals surface area contributed by atoms with Crippen LogP contribution in [0.5, 0.6) is 5.75 Å². The Morgan fingerprint density at radius 2 is 1.75 bits per heavy atom. The van der Waals surface area contributed by atoms with Gasteiger partial charge in [-0.1, -0.05) is 24.3 Å². The zero-order valence-electron chi connectivity index (χ0n) is 13.6. The molecule has 0 aliphatic carbocycles. The van der Waals surface area contributed by atoms with Crippen molar-refractivity contribution in [2.24, 2.45) is 0 Å². The predicted molar refractivity (Wildman–Crippen MR) is 93.0 cm³/mol. The van der Waals surface area contributed by atoms with Crippen molar-refractivity contribution < 1.29 is 14.2 Å². The molecule has 0 saturated carbocycles. The standard InChI is InChI=1S/C19H23FN2O2/c20-16-5-4-8-19(13-16)24-15-18(23)14-21-9-11-22(12-10-21)17-6-2-1-3-7-17/h1-8,13,18,23H,9-12,14-15H2. The fourth-order valence-electron chi connectivity index (χ4n) is 2.93. The number of anilines is 1. The van der Waals surface area contributed by atoms with Crippen molar-refractivity contribution in [1.82, 2.24) is 4.90 Å². The van der Waals surface area contributed by atoms with E-state index in [-0.39, 0.29) is 12.4 Å². The van der Waals surface area contributed by atoms with E-state index >= 15 is 0 Å². The number of aliphatic hydroxyl groups excluding tert-OH is 1. The van der Waals surface area contributed by atoms with Crippen molar-refractivity contribution in [3.05, 3.63) is 60.4 Å². The second kappa shape index (κ2) is 8.13. The lowest BCUT2D eigenvalue weighted by atomic mass is 10.2. The van der Waals surface area contributed by atoms with Gasteiger partial charge < -0.3 is 14.7 Å². The summed E-state index contributed by atoms with van der Waals surface area (Å²) in [6, 6.07) is 16.4. The SMILES string of the molecule is OC(COc1cccc(F)c1)CN1CCN(c2ccccc2)CC1. The summed E-state index contributed by atoms with van der Waals surface area (Å²) in [5.41, 5.74) is 1.24. The average molecular weight is 330 g/mol. The monoisotopic (exact) mass is 330 g/mol. The maximum absolute atomic E-state index is 13.1. The lowest BCUT2D eigenvalue weighted by molar-refractivity contribution is 0.0662. The van der Waals surface area contributed by atoms with Crippen LogP contribution in [0.2, 0.25) is 0 Å². The van der Waals surface area contributed by atoms with Crippen LogP contribution in [-0.2, 0) is 0 Å². The third-order valence-corrected chi connectivity index (χ3v) is 4.20. The number of hydrogen-bond acceptors (Lipinski definition) is 4. The molecule has 1 aliphatic rings. The van der Waals surface area contributed by atoms with Crippen molar-refractivity contribution in [2.75, 3.05) is 44.2 Å². The first-order valence-electron chi connectivity index (χ1n) is 8.29. The molecular formula is C19H23FN2O2. The molecule has 0 amide bonds. The van der Waals surface area contributed by atoms with Crippen molar-refractivity contribution in [2.45, 2.75) is 6.10 Å². The van der Waals surface area contributed by atoms with E-state index in [1.165, 1.54) is 17.8 Å². The van der Waals surface area contributed by atoms with E-state index in [1.54, 1.807) is 12.1 Å². The van der Waals surface area contributed by atoms with Crippen molar-refractivity contribution in [3.8, 4) is 5.75 Å². The Labute approximate surface area is 142 Å². The summed E-state index contributed by atoms with van der Waals surface area (Å²) in [5, 5.41) is 10.1. The van der Waals surface area contributed by atoms with Crippen molar-refractivity contribution in [1.29, 1.82) is 0 Å². The Morgan fingerprint density at radius 3 is 2.46 bits per heavy atom. The molecule has 5 heteroatoms. The molecule has 1 atom stereocenters. The van der Waals surface area contributed by atoms with Crippen LogP contribution in [0.4, 0.5) is 10.1 Å². The number of ether oxygens (including phenoxy) is 1. The molecule has 2 aromatic carbocycles. The largest absolute Gasteiger partial charge is 0.491 e. The minimum atomic E-state index is -0.587. The van der Waals surface area contributed by atoms with E-state index in [2.05, 4.69) is 34.1 Å². The number of nitrogens with zero attached hydrogens (tertiary/aromatic N) is 2.